The van der Waals surface area contributed by atoms with Crippen LogP contribution in [0.1, 0.15) is 55.8 Å². The van der Waals surface area contributed by atoms with Crippen LogP contribution >= 0.6 is 0 Å². The quantitative estimate of drug-likeness (QED) is 0.679. The molecule has 0 atom stereocenters. The second-order valence-electron chi connectivity index (χ2n) is 5.81. The molecule has 1 saturated heterocycles. The van der Waals surface area contributed by atoms with Crippen LogP contribution in [0.4, 0.5) is 0 Å². The number of rotatable bonds is 8. The Morgan fingerprint density at radius 2 is 2.05 bits per heavy atom. The minimum atomic E-state index is 0.221. The Hall–Kier alpha value is -1.35. The van der Waals surface area contributed by atoms with Gasteiger partial charge in [0, 0.05) is 18.5 Å². The summed E-state index contributed by atoms with van der Waals surface area (Å²) in [6, 6.07) is 7.62. The average Bonchev–Trinajstić information content (AvgIpc) is 2.54. The molecule has 0 radical (unpaired) electrons. The van der Waals surface area contributed by atoms with E-state index in [0.717, 1.165) is 30.7 Å². The average molecular weight is 289 g/mol. The fraction of sp³-hybridized carbons (Fsp3) is 0.611. The van der Waals surface area contributed by atoms with Crippen molar-refractivity contribution in [2.24, 2.45) is 0 Å². The molecule has 0 N–H and O–H groups in total. The Kier molecular flexibility index (Phi) is 6.74. The molecule has 0 spiro atoms. The van der Waals surface area contributed by atoms with E-state index in [2.05, 4.69) is 11.8 Å². The van der Waals surface area contributed by atoms with Gasteiger partial charge in [0.2, 0.25) is 0 Å². The number of carbonyl (C=O) groups is 1. The number of unbranched alkanes of at least 4 members (excludes halogenated alkanes) is 1. The predicted octanol–water partition coefficient (Wildman–Crippen LogP) is 3.92. The van der Waals surface area contributed by atoms with Crippen LogP contribution in [0.5, 0.6) is 5.75 Å². The molecule has 3 heteroatoms. The van der Waals surface area contributed by atoms with Gasteiger partial charge in [-0.2, -0.15) is 0 Å². The summed E-state index contributed by atoms with van der Waals surface area (Å²) in [6.45, 7) is 6.17. The van der Waals surface area contributed by atoms with Gasteiger partial charge < -0.3 is 4.74 Å². The fourth-order valence-electron chi connectivity index (χ4n) is 2.72. The Morgan fingerprint density at radius 3 is 2.81 bits per heavy atom. The number of nitrogens with zero attached hydrogens (tertiary/aromatic N) is 1. The molecule has 0 saturated carbocycles. The molecule has 1 aliphatic rings. The molecule has 1 aromatic carbocycles. The Balaban J connectivity index is 1.78. The first kappa shape index (κ1) is 16.0. The van der Waals surface area contributed by atoms with Crippen molar-refractivity contribution in [1.82, 2.24) is 4.90 Å². The summed E-state index contributed by atoms with van der Waals surface area (Å²) >= 11 is 0. The van der Waals surface area contributed by atoms with Crippen LogP contribution in [0.3, 0.4) is 0 Å². The molecule has 1 aliphatic heterocycles. The number of ether oxygens (including phenoxy) is 1. The van der Waals surface area contributed by atoms with Gasteiger partial charge in [-0.1, -0.05) is 31.9 Å². The maximum absolute atomic E-state index is 12.0. The van der Waals surface area contributed by atoms with Crippen molar-refractivity contribution < 1.29 is 9.53 Å². The summed E-state index contributed by atoms with van der Waals surface area (Å²) in [5.74, 6) is 1.03. The van der Waals surface area contributed by atoms with Gasteiger partial charge in [0.15, 0.2) is 5.78 Å². The normalized spacial score (nSPS) is 15.9. The van der Waals surface area contributed by atoms with Gasteiger partial charge in [0.05, 0.1) is 0 Å². The van der Waals surface area contributed by atoms with Crippen molar-refractivity contribution >= 4 is 5.78 Å². The Labute approximate surface area is 128 Å². The van der Waals surface area contributed by atoms with Crippen LogP contribution in [-0.4, -0.2) is 36.9 Å². The van der Waals surface area contributed by atoms with Crippen molar-refractivity contribution in [3.63, 3.8) is 0 Å². The second kappa shape index (κ2) is 8.83. The molecule has 0 bridgehead atoms. The molecule has 0 amide bonds. The number of Topliss-reactive ketones (excluding diaryl/α,β-unsaturated/α-hetero) is 1. The van der Waals surface area contributed by atoms with Crippen LogP contribution in [0.25, 0.3) is 0 Å². The van der Waals surface area contributed by atoms with Crippen molar-refractivity contribution in [1.29, 1.82) is 0 Å². The lowest BCUT2D eigenvalue weighted by atomic mass is 10.1. The predicted molar refractivity (Wildman–Crippen MR) is 86.1 cm³/mol. The largest absolute Gasteiger partial charge is 0.492 e. The third-order valence-electron chi connectivity index (χ3n) is 4.04. The third-order valence-corrected chi connectivity index (χ3v) is 4.04. The van der Waals surface area contributed by atoms with Gasteiger partial charge in [-0.25, -0.2) is 0 Å². The van der Waals surface area contributed by atoms with E-state index in [1.165, 1.54) is 32.4 Å². The maximum atomic E-state index is 12.0. The summed E-state index contributed by atoms with van der Waals surface area (Å²) < 4.78 is 5.81. The SMILES string of the molecule is CCCCC(=O)c1cccc(OCCN2CCCCC2)c1. The van der Waals surface area contributed by atoms with E-state index in [4.69, 9.17) is 4.74 Å². The van der Waals surface area contributed by atoms with E-state index in [9.17, 15) is 4.79 Å². The fourth-order valence-corrected chi connectivity index (χ4v) is 2.72. The van der Waals surface area contributed by atoms with Gasteiger partial charge in [-0.3, -0.25) is 9.69 Å². The number of hydrogen-bond acceptors (Lipinski definition) is 3. The minimum Gasteiger partial charge on any atom is -0.492 e. The maximum Gasteiger partial charge on any atom is 0.163 e. The highest BCUT2D eigenvalue weighted by Gasteiger charge is 2.10. The van der Waals surface area contributed by atoms with Gasteiger partial charge in [0.1, 0.15) is 12.4 Å². The van der Waals surface area contributed by atoms with Crippen molar-refractivity contribution in [3.8, 4) is 5.75 Å². The van der Waals surface area contributed by atoms with Crippen LogP contribution in [0.15, 0.2) is 24.3 Å². The number of benzene rings is 1. The van der Waals surface area contributed by atoms with Gasteiger partial charge in [-0.15, -0.1) is 0 Å². The molecule has 0 aliphatic carbocycles. The zero-order valence-corrected chi connectivity index (χ0v) is 13.1. The molecular formula is C18H27NO2. The van der Waals surface area contributed by atoms with Crippen LogP contribution in [-0.2, 0) is 0 Å². The molecule has 21 heavy (non-hydrogen) atoms. The number of ketones is 1. The summed E-state index contributed by atoms with van der Waals surface area (Å²) in [6.07, 6.45) is 6.62. The lowest BCUT2D eigenvalue weighted by molar-refractivity contribution is 0.0979. The second-order valence-corrected chi connectivity index (χ2v) is 5.81. The first-order valence-electron chi connectivity index (χ1n) is 8.28. The summed E-state index contributed by atoms with van der Waals surface area (Å²) in [7, 11) is 0. The van der Waals surface area contributed by atoms with Crippen LogP contribution < -0.4 is 4.74 Å². The van der Waals surface area contributed by atoms with Crippen molar-refractivity contribution in [2.45, 2.75) is 45.4 Å². The standard InChI is InChI=1S/C18H27NO2/c1-2-3-10-18(20)16-8-7-9-17(15-16)21-14-13-19-11-5-4-6-12-19/h7-9,15H,2-6,10-14H2,1H3. The first-order valence-corrected chi connectivity index (χ1v) is 8.28. The lowest BCUT2D eigenvalue weighted by Gasteiger charge is -2.26. The van der Waals surface area contributed by atoms with E-state index < -0.39 is 0 Å². The molecular weight excluding hydrogens is 262 g/mol. The minimum absolute atomic E-state index is 0.221. The Bertz CT molecular complexity index is 439. The molecule has 1 heterocycles. The van der Waals surface area contributed by atoms with Gasteiger partial charge >= 0.3 is 0 Å². The first-order chi connectivity index (χ1) is 10.3. The Morgan fingerprint density at radius 1 is 1.24 bits per heavy atom. The molecule has 116 valence electrons. The highest BCUT2D eigenvalue weighted by Crippen LogP contribution is 2.16. The highest BCUT2D eigenvalue weighted by atomic mass is 16.5. The molecule has 2 rings (SSSR count). The van der Waals surface area contributed by atoms with E-state index in [1.807, 2.05) is 24.3 Å². The smallest absolute Gasteiger partial charge is 0.163 e. The molecule has 3 nitrogen and oxygen atoms in total. The van der Waals surface area contributed by atoms with E-state index in [-0.39, 0.29) is 5.78 Å². The van der Waals surface area contributed by atoms with Crippen molar-refractivity contribution in [2.75, 3.05) is 26.2 Å². The molecule has 0 unspecified atom stereocenters. The monoisotopic (exact) mass is 289 g/mol. The highest BCUT2D eigenvalue weighted by molar-refractivity contribution is 5.96. The summed E-state index contributed by atoms with van der Waals surface area (Å²) in [5, 5.41) is 0. The van der Waals surface area contributed by atoms with Crippen molar-refractivity contribution in [3.05, 3.63) is 29.8 Å². The van der Waals surface area contributed by atoms with E-state index >= 15 is 0 Å². The van der Waals surface area contributed by atoms with Gasteiger partial charge in [-0.05, 0) is 44.5 Å². The zero-order chi connectivity index (χ0) is 14.9. The number of hydrogen-bond donors (Lipinski definition) is 0. The van der Waals surface area contributed by atoms with E-state index in [0.29, 0.717) is 13.0 Å². The topological polar surface area (TPSA) is 29.5 Å². The van der Waals surface area contributed by atoms with Crippen LogP contribution in [0, 0.1) is 0 Å². The third kappa shape index (κ3) is 5.50. The molecule has 0 aromatic heterocycles. The van der Waals surface area contributed by atoms with Gasteiger partial charge in [0.25, 0.3) is 0 Å². The molecule has 1 fully saturated rings. The van der Waals surface area contributed by atoms with Crippen LogP contribution in [0.2, 0.25) is 0 Å². The summed E-state index contributed by atoms with van der Waals surface area (Å²) in [5.41, 5.74) is 0.777. The lowest BCUT2D eigenvalue weighted by Crippen LogP contribution is -2.33. The summed E-state index contributed by atoms with van der Waals surface area (Å²) in [4.78, 5) is 14.5. The number of likely N-dealkylation sites (tertiary alicyclic amines) is 1. The number of carbonyl (C=O) groups excluding carboxylic acids is 1. The number of piperidine rings is 1. The molecule has 1 aromatic rings. The van der Waals surface area contributed by atoms with E-state index in [1.54, 1.807) is 0 Å². The zero-order valence-electron chi connectivity index (χ0n) is 13.1.